The molecule has 0 aromatic rings. The van der Waals surface area contributed by atoms with Crippen LogP contribution in [0.5, 0.6) is 0 Å². The third-order valence-electron chi connectivity index (χ3n) is 5.15. The number of esters is 2. The van der Waals surface area contributed by atoms with Gasteiger partial charge in [0, 0.05) is 11.0 Å². The predicted molar refractivity (Wildman–Crippen MR) is 88.1 cm³/mol. The van der Waals surface area contributed by atoms with Gasteiger partial charge < -0.3 is 18.9 Å². The fourth-order valence-electron chi connectivity index (χ4n) is 4.10. The Bertz CT molecular complexity index is 541. The summed E-state index contributed by atoms with van der Waals surface area (Å²) in [6.45, 7) is 5.09. The molecule has 0 unspecified atom stereocenters. The van der Waals surface area contributed by atoms with E-state index in [4.69, 9.17) is 18.9 Å². The van der Waals surface area contributed by atoms with Gasteiger partial charge in [0.05, 0.1) is 32.2 Å². The quantitative estimate of drug-likeness (QED) is 0.715. The van der Waals surface area contributed by atoms with E-state index in [1.54, 1.807) is 17.8 Å². The van der Waals surface area contributed by atoms with Gasteiger partial charge in [0.2, 0.25) is 0 Å². The Morgan fingerprint density at radius 1 is 1.42 bits per heavy atom. The van der Waals surface area contributed by atoms with Crippen molar-refractivity contribution in [2.24, 2.45) is 17.8 Å². The maximum Gasteiger partial charge on any atom is 0.332 e. The van der Waals surface area contributed by atoms with Crippen molar-refractivity contribution in [3.05, 3.63) is 11.0 Å². The first-order valence-corrected chi connectivity index (χ1v) is 9.39. The summed E-state index contributed by atoms with van der Waals surface area (Å²) < 4.78 is 22.3. The molecule has 0 bridgehead atoms. The highest BCUT2D eigenvalue weighted by Gasteiger charge is 2.59. The molecule has 1 spiro atoms. The molecule has 134 valence electrons. The van der Waals surface area contributed by atoms with Crippen LogP contribution in [-0.4, -0.2) is 49.9 Å². The minimum atomic E-state index is -0.753. The molecule has 0 radical (unpaired) electrons. The van der Waals surface area contributed by atoms with E-state index in [0.29, 0.717) is 26.1 Å². The molecule has 0 amide bonds. The zero-order valence-electron chi connectivity index (χ0n) is 14.3. The summed E-state index contributed by atoms with van der Waals surface area (Å²) in [6, 6.07) is 0. The third kappa shape index (κ3) is 2.97. The van der Waals surface area contributed by atoms with Crippen LogP contribution in [0.2, 0.25) is 0 Å². The Morgan fingerprint density at radius 2 is 2.12 bits per heavy atom. The minimum Gasteiger partial charge on any atom is -0.469 e. The second-order valence-corrected chi connectivity index (χ2v) is 7.82. The molecule has 2 aliphatic heterocycles. The maximum absolute atomic E-state index is 12.2. The summed E-state index contributed by atoms with van der Waals surface area (Å²) >= 11 is 1.62. The van der Waals surface area contributed by atoms with Crippen LogP contribution < -0.4 is 0 Å². The SMILES string of the molecule is CCSC1=CC(=O)O[C@]12C[C@@H](C)[C@@H](C(=O)OC)C[C@H]2C1OCCO1. The molecule has 0 N–H and O–H groups in total. The van der Waals surface area contributed by atoms with Gasteiger partial charge in [0.15, 0.2) is 11.9 Å². The average molecular weight is 356 g/mol. The van der Waals surface area contributed by atoms with E-state index in [2.05, 4.69) is 0 Å². The first kappa shape index (κ1) is 17.8. The van der Waals surface area contributed by atoms with E-state index in [-0.39, 0.29) is 29.7 Å². The highest BCUT2D eigenvalue weighted by atomic mass is 32.2. The Kier molecular flexibility index (Phi) is 5.22. The minimum absolute atomic E-state index is 0.0434. The standard InChI is InChI=1S/C17H24O6S/c1-4-24-13-8-14(18)23-17(13)9-10(2)11(15(19)20-3)7-12(17)16-21-5-6-22-16/h8,10-12,16H,4-7,9H2,1-3H3/t10-,11+,12+,17+/m1/s1. The fourth-order valence-corrected chi connectivity index (χ4v) is 5.11. The van der Waals surface area contributed by atoms with Crippen molar-refractivity contribution in [2.45, 2.75) is 38.6 Å². The first-order chi connectivity index (χ1) is 11.5. The summed E-state index contributed by atoms with van der Waals surface area (Å²) in [4.78, 5) is 25.2. The van der Waals surface area contributed by atoms with Gasteiger partial charge in [-0.05, 0) is 24.5 Å². The average Bonchev–Trinajstić information content (AvgIpc) is 3.17. The molecule has 3 rings (SSSR count). The van der Waals surface area contributed by atoms with Crippen LogP contribution in [0.15, 0.2) is 11.0 Å². The van der Waals surface area contributed by atoms with Gasteiger partial charge >= 0.3 is 11.9 Å². The Morgan fingerprint density at radius 3 is 2.75 bits per heavy atom. The van der Waals surface area contributed by atoms with Crippen LogP contribution in [0.3, 0.4) is 0 Å². The monoisotopic (exact) mass is 356 g/mol. The molecule has 1 saturated carbocycles. The molecule has 0 aromatic carbocycles. The molecule has 4 atom stereocenters. The largest absolute Gasteiger partial charge is 0.469 e. The number of carbonyl (C=O) groups is 2. The van der Waals surface area contributed by atoms with E-state index in [0.717, 1.165) is 10.7 Å². The second kappa shape index (κ2) is 7.06. The molecule has 1 saturated heterocycles. The van der Waals surface area contributed by atoms with Gasteiger partial charge in [0.25, 0.3) is 0 Å². The number of hydrogen-bond donors (Lipinski definition) is 0. The van der Waals surface area contributed by atoms with Crippen molar-refractivity contribution in [2.75, 3.05) is 26.1 Å². The van der Waals surface area contributed by atoms with Gasteiger partial charge in [0.1, 0.15) is 0 Å². The lowest BCUT2D eigenvalue weighted by Crippen LogP contribution is -2.53. The van der Waals surface area contributed by atoms with Crippen molar-refractivity contribution in [3.8, 4) is 0 Å². The number of carbonyl (C=O) groups excluding carboxylic acids is 2. The van der Waals surface area contributed by atoms with Crippen LogP contribution in [0.1, 0.15) is 26.7 Å². The molecule has 2 heterocycles. The van der Waals surface area contributed by atoms with E-state index >= 15 is 0 Å². The van der Waals surface area contributed by atoms with Crippen molar-refractivity contribution in [1.29, 1.82) is 0 Å². The van der Waals surface area contributed by atoms with Crippen LogP contribution in [0.25, 0.3) is 0 Å². The number of thioether (sulfide) groups is 1. The molecular weight excluding hydrogens is 332 g/mol. The lowest BCUT2D eigenvalue weighted by atomic mass is 9.65. The Labute approximate surface area is 146 Å². The van der Waals surface area contributed by atoms with Crippen molar-refractivity contribution in [3.63, 3.8) is 0 Å². The third-order valence-corrected chi connectivity index (χ3v) is 6.21. The fraction of sp³-hybridized carbons (Fsp3) is 0.765. The van der Waals surface area contributed by atoms with Gasteiger partial charge in [-0.15, -0.1) is 11.8 Å². The second-order valence-electron chi connectivity index (χ2n) is 6.52. The normalized spacial score (nSPS) is 36.7. The van der Waals surface area contributed by atoms with E-state index in [1.807, 2.05) is 13.8 Å². The summed E-state index contributed by atoms with van der Waals surface area (Å²) in [5, 5.41) is 0. The van der Waals surface area contributed by atoms with Gasteiger partial charge in [-0.1, -0.05) is 13.8 Å². The molecule has 0 aromatic heterocycles. The lowest BCUT2D eigenvalue weighted by Gasteiger charge is -2.47. The zero-order chi connectivity index (χ0) is 17.3. The van der Waals surface area contributed by atoms with Crippen molar-refractivity contribution in [1.82, 2.24) is 0 Å². The summed E-state index contributed by atoms with van der Waals surface area (Å²) in [5.74, 6) is -0.112. The highest BCUT2D eigenvalue weighted by molar-refractivity contribution is 8.03. The number of rotatable bonds is 4. The zero-order valence-corrected chi connectivity index (χ0v) is 15.1. The van der Waals surface area contributed by atoms with E-state index < -0.39 is 11.9 Å². The molecule has 6 nitrogen and oxygen atoms in total. The Hall–Kier alpha value is -1.05. The molecule has 2 fully saturated rings. The van der Waals surface area contributed by atoms with Gasteiger partial charge in [-0.3, -0.25) is 4.79 Å². The van der Waals surface area contributed by atoms with Crippen LogP contribution in [0.4, 0.5) is 0 Å². The highest BCUT2D eigenvalue weighted by Crippen LogP contribution is 2.54. The lowest BCUT2D eigenvalue weighted by molar-refractivity contribution is -0.192. The first-order valence-electron chi connectivity index (χ1n) is 8.40. The number of hydrogen-bond acceptors (Lipinski definition) is 7. The summed E-state index contributed by atoms with van der Waals surface area (Å²) in [6.07, 6.45) is 2.22. The summed E-state index contributed by atoms with van der Waals surface area (Å²) in [5.41, 5.74) is -0.753. The smallest absolute Gasteiger partial charge is 0.332 e. The molecular formula is C17H24O6S. The predicted octanol–water partition coefficient (Wildman–Crippen LogP) is 2.13. The van der Waals surface area contributed by atoms with Crippen molar-refractivity contribution < 1.29 is 28.5 Å². The molecule has 7 heteroatoms. The van der Waals surface area contributed by atoms with Crippen LogP contribution in [-0.2, 0) is 28.5 Å². The van der Waals surface area contributed by atoms with Gasteiger partial charge in [-0.2, -0.15) is 0 Å². The number of ether oxygens (including phenoxy) is 4. The van der Waals surface area contributed by atoms with E-state index in [1.165, 1.54) is 7.11 Å². The van der Waals surface area contributed by atoms with Crippen LogP contribution >= 0.6 is 11.8 Å². The van der Waals surface area contributed by atoms with Crippen LogP contribution in [0, 0.1) is 17.8 Å². The van der Waals surface area contributed by atoms with E-state index in [9.17, 15) is 9.59 Å². The number of methoxy groups -OCH3 is 1. The molecule has 1 aliphatic carbocycles. The van der Waals surface area contributed by atoms with Crippen molar-refractivity contribution >= 4 is 23.7 Å². The molecule has 3 aliphatic rings. The molecule has 24 heavy (non-hydrogen) atoms. The maximum atomic E-state index is 12.2. The topological polar surface area (TPSA) is 71.1 Å². The Balaban J connectivity index is 1.95. The van der Waals surface area contributed by atoms with Gasteiger partial charge in [-0.25, -0.2) is 4.79 Å². The summed E-state index contributed by atoms with van der Waals surface area (Å²) in [7, 11) is 1.41.